The van der Waals surface area contributed by atoms with Crippen LogP contribution in [0.2, 0.25) is 0 Å². The zero-order valence-electron chi connectivity index (χ0n) is 14.9. The van der Waals surface area contributed by atoms with Gasteiger partial charge in [0, 0.05) is 6.54 Å². The fourth-order valence-corrected chi connectivity index (χ4v) is 5.46. The molecule has 2 aromatic rings. The zero-order chi connectivity index (χ0) is 19.3. The molecule has 1 aromatic heterocycles. The second-order valence-corrected chi connectivity index (χ2v) is 8.57. The summed E-state index contributed by atoms with van der Waals surface area (Å²) >= 11 is 1.17. The molecule has 8 heteroatoms. The number of benzene rings is 1. The predicted molar refractivity (Wildman–Crippen MR) is 101 cm³/mol. The van der Waals surface area contributed by atoms with Gasteiger partial charge in [0.15, 0.2) is 5.13 Å². The molecule has 1 aromatic carbocycles. The Labute approximate surface area is 160 Å². The van der Waals surface area contributed by atoms with Crippen LogP contribution in [0.15, 0.2) is 24.3 Å². The maximum Gasteiger partial charge on any atom is 0.274 e. The lowest BCUT2D eigenvalue weighted by atomic mass is 9.93. The minimum Gasteiger partial charge on any atom is -0.375 e. The quantitative estimate of drug-likeness (QED) is 0.843. The van der Waals surface area contributed by atoms with Crippen molar-refractivity contribution >= 4 is 28.3 Å². The molecule has 4 rings (SSSR count). The summed E-state index contributed by atoms with van der Waals surface area (Å²) in [4.78, 5) is 31.8. The summed E-state index contributed by atoms with van der Waals surface area (Å²) in [5, 5.41) is 0.251. The molecule has 1 aliphatic heterocycles. The number of nitrogen functional groups attached to an aromatic ring is 1. The number of rotatable bonds is 3. The molecule has 2 heterocycles. The van der Waals surface area contributed by atoms with Crippen LogP contribution >= 0.6 is 11.3 Å². The van der Waals surface area contributed by atoms with E-state index < -0.39 is 11.9 Å². The van der Waals surface area contributed by atoms with Crippen molar-refractivity contribution in [3.8, 4) is 10.4 Å². The highest BCUT2D eigenvalue weighted by Crippen LogP contribution is 2.46. The van der Waals surface area contributed by atoms with Gasteiger partial charge in [-0.3, -0.25) is 9.59 Å². The summed E-state index contributed by atoms with van der Waals surface area (Å²) in [5.74, 6) is -0.258. The summed E-state index contributed by atoms with van der Waals surface area (Å²) in [6, 6.07) is 5.22. The molecule has 1 unspecified atom stereocenters. The Morgan fingerprint density at radius 3 is 2.63 bits per heavy atom. The van der Waals surface area contributed by atoms with E-state index in [0.717, 1.165) is 12.8 Å². The Balaban J connectivity index is 1.69. The monoisotopic (exact) mass is 388 g/mol. The molecule has 27 heavy (non-hydrogen) atoms. The van der Waals surface area contributed by atoms with Crippen molar-refractivity contribution in [3.05, 3.63) is 35.8 Å². The van der Waals surface area contributed by atoms with E-state index in [2.05, 4.69) is 11.9 Å². The fraction of sp³-hybridized carbons (Fsp3) is 0.421. The summed E-state index contributed by atoms with van der Waals surface area (Å²) in [7, 11) is 0. The number of thiazole rings is 1. The average Bonchev–Trinajstić information content (AvgIpc) is 3.26. The van der Waals surface area contributed by atoms with Crippen LogP contribution < -0.4 is 11.5 Å². The van der Waals surface area contributed by atoms with Crippen LogP contribution in [0, 0.1) is 23.6 Å². The van der Waals surface area contributed by atoms with Gasteiger partial charge in [-0.2, -0.15) is 0 Å². The summed E-state index contributed by atoms with van der Waals surface area (Å²) < 4.78 is 13.3. The SMILES string of the molecule is CC1C[C@H]2CN(C(=O)c3nc(N)sc3-c3ccc(F)cc3)[C@H](C(N)=O)[C@H]2C1. The van der Waals surface area contributed by atoms with Crippen molar-refractivity contribution in [2.24, 2.45) is 23.5 Å². The maximum absolute atomic E-state index is 13.3. The zero-order valence-corrected chi connectivity index (χ0v) is 15.7. The minimum atomic E-state index is -0.614. The van der Waals surface area contributed by atoms with Gasteiger partial charge in [0.2, 0.25) is 5.91 Å². The number of likely N-dealkylation sites (tertiary alicyclic amines) is 1. The van der Waals surface area contributed by atoms with Gasteiger partial charge in [0.05, 0.1) is 4.88 Å². The summed E-state index contributed by atoms with van der Waals surface area (Å²) in [6.45, 7) is 2.66. The molecule has 142 valence electrons. The highest BCUT2D eigenvalue weighted by Gasteiger charge is 2.51. The summed E-state index contributed by atoms with van der Waals surface area (Å²) in [5.41, 5.74) is 12.4. The third-order valence-corrected chi connectivity index (χ3v) is 6.60. The lowest BCUT2D eigenvalue weighted by Crippen LogP contribution is -2.46. The van der Waals surface area contributed by atoms with Crippen LogP contribution in [0.25, 0.3) is 10.4 Å². The Kier molecular flexibility index (Phi) is 4.38. The van der Waals surface area contributed by atoms with Crippen LogP contribution in [0.4, 0.5) is 9.52 Å². The highest BCUT2D eigenvalue weighted by molar-refractivity contribution is 7.19. The van der Waals surface area contributed by atoms with Gasteiger partial charge in [0.1, 0.15) is 17.6 Å². The van der Waals surface area contributed by atoms with E-state index in [-0.39, 0.29) is 34.4 Å². The highest BCUT2D eigenvalue weighted by atomic mass is 32.1. The Bertz CT molecular complexity index is 898. The second kappa shape index (κ2) is 6.60. The number of fused-ring (bicyclic) bond motifs is 1. The number of halogens is 1. The van der Waals surface area contributed by atoms with Gasteiger partial charge < -0.3 is 16.4 Å². The smallest absolute Gasteiger partial charge is 0.274 e. The van der Waals surface area contributed by atoms with Crippen LogP contribution in [0.1, 0.15) is 30.3 Å². The number of hydrogen-bond acceptors (Lipinski definition) is 5. The molecule has 1 saturated carbocycles. The molecule has 1 aliphatic carbocycles. The number of primary amides is 1. The topological polar surface area (TPSA) is 102 Å². The molecule has 0 radical (unpaired) electrons. The molecule has 4 N–H and O–H groups in total. The van der Waals surface area contributed by atoms with Gasteiger partial charge in [-0.1, -0.05) is 30.4 Å². The second-order valence-electron chi connectivity index (χ2n) is 7.54. The molecule has 2 fully saturated rings. The third kappa shape index (κ3) is 3.07. The standard InChI is InChI=1S/C19H21FN4O2S/c1-9-6-11-8-24(15(17(21)25)13(11)7-9)18(26)14-16(27-19(22)23-14)10-2-4-12(20)5-3-10/h2-5,9,11,13,15H,6-8H2,1H3,(H2,21,25)(H2,22,23)/t9?,11-,13-,15-/m0/s1. The number of hydrogen-bond donors (Lipinski definition) is 2. The van der Waals surface area contributed by atoms with E-state index in [1.807, 2.05) is 0 Å². The van der Waals surface area contributed by atoms with Gasteiger partial charge in [0.25, 0.3) is 5.91 Å². The molecular weight excluding hydrogens is 367 g/mol. The van der Waals surface area contributed by atoms with Crippen LogP contribution in [-0.4, -0.2) is 34.3 Å². The van der Waals surface area contributed by atoms with Gasteiger partial charge in [-0.15, -0.1) is 0 Å². The number of carbonyl (C=O) groups is 2. The number of nitrogens with zero attached hydrogens (tertiary/aromatic N) is 2. The largest absolute Gasteiger partial charge is 0.375 e. The molecule has 0 bridgehead atoms. The van der Waals surface area contributed by atoms with Crippen molar-refractivity contribution in [3.63, 3.8) is 0 Å². The predicted octanol–water partition coefficient (Wildman–Crippen LogP) is 2.50. The first-order valence-corrected chi connectivity index (χ1v) is 9.79. The number of amides is 2. The number of nitrogens with two attached hydrogens (primary N) is 2. The average molecular weight is 388 g/mol. The van der Waals surface area contributed by atoms with E-state index in [1.54, 1.807) is 17.0 Å². The van der Waals surface area contributed by atoms with Crippen molar-refractivity contribution in [2.45, 2.75) is 25.8 Å². The fourth-order valence-electron chi connectivity index (χ4n) is 4.63. The first kappa shape index (κ1) is 17.9. The lowest BCUT2D eigenvalue weighted by Gasteiger charge is -2.25. The number of aromatic nitrogens is 1. The molecule has 4 atom stereocenters. The minimum absolute atomic E-state index is 0.103. The van der Waals surface area contributed by atoms with Crippen molar-refractivity contribution in [1.29, 1.82) is 0 Å². The van der Waals surface area contributed by atoms with E-state index in [4.69, 9.17) is 11.5 Å². The van der Waals surface area contributed by atoms with Gasteiger partial charge >= 0.3 is 0 Å². The summed E-state index contributed by atoms with van der Waals surface area (Å²) in [6.07, 6.45) is 1.88. The van der Waals surface area contributed by atoms with E-state index in [9.17, 15) is 14.0 Å². The first-order valence-electron chi connectivity index (χ1n) is 8.97. The molecule has 6 nitrogen and oxygen atoms in total. The normalized spacial score (nSPS) is 27.0. The van der Waals surface area contributed by atoms with E-state index >= 15 is 0 Å². The Morgan fingerprint density at radius 2 is 1.96 bits per heavy atom. The van der Waals surface area contributed by atoms with Gasteiger partial charge in [-0.05, 0) is 48.3 Å². The molecule has 2 amide bonds. The van der Waals surface area contributed by atoms with E-state index in [1.165, 1.54) is 23.5 Å². The third-order valence-electron chi connectivity index (χ3n) is 5.66. The Hall–Kier alpha value is -2.48. The van der Waals surface area contributed by atoms with Crippen LogP contribution in [0.5, 0.6) is 0 Å². The van der Waals surface area contributed by atoms with E-state index in [0.29, 0.717) is 22.9 Å². The first-order chi connectivity index (χ1) is 12.8. The number of anilines is 1. The lowest BCUT2D eigenvalue weighted by molar-refractivity contribution is -0.122. The molecule has 0 spiro atoms. The van der Waals surface area contributed by atoms with Crippen molar-refractivity contribution in [1.82, 2.24) is 9.88 Å². The Morgan fingerprint density at radius 1 is 1.26 bits per heavy atom. The molecule has 1 saturated heterocycles. The molecular formula is C19H21FN4O2S. The van der Waals surface area contributed by atoms with Crippen molar-refractivity contribution < 1.29 is 14.0 Å². The van der Waals surface area contributed by atoms with Gasteiger partial charge in [-0.25, -0.2) is 9.37 Å². The molecule has 2 aliphatic rings. The van der Waals surface area contributed by atoms with Crippen LogP contribution in [0.3, 0.4) is 0 Å². The van der Waals surface area contributed by atoms with Crippen molar-refractivity contribution in [2.75, 3.05) is 12.3 Å². The maximum atomic E-state index is 13.3. The number of carbonyl (C=O) groups excluding carboxylic acids is 2. The van der Waals surface area contributed by atoms with Crippen LogP contribution in [-0.2, 0) is 4.79 Å².